The summed E-state index contributed by atoms with van der Waals surface area (Å²) in [6.07, 6.45) is 1.37. The van der Waals surface area contributed by atoms with Gasteiger partial charge in [0.2, 0.25) is 5.75 Å². The number of benzene rings is 3. The second-order valence-electron chi connectivity index (χ2n) is 6.66. The van der Waals surface area contributed by atoms with Crippen molar-refractivity contribution >= 4 is 23.7 Å². The fourth-order valence-corrected chi connectivity index (χ4v) is 2.96. The number of nitrogens with zero attached hydrogens (tertiary/aromatic N) is 1. The molecule has 0 heterocycles. The van der Waals surface area contributed by atoms with Crippen molar-refractivity contribution in [3.63, 3.8) is 0 Å². The van der Waals surface area contributed by atoms with Gasteiger partial charge in [-0.15, -0.1) is 0 Å². The first-order valence-corrected chi connectivity index (χ1v) is 9.84. The highest BCUT2D eigenvalue weighted by molar-refractivity contribution is 6.32. The second kappa shape index (κ2) is 10.6. The van der Waals surface area contributed by atoms with Crippen LogP contribution in [0.3, 0.4) is 0 Å². The normalized spacial score (nSPS) is 10.8. The Morgan fingerprint density at radius 2 is 1.76 bits per heavy atom. The van der Waals surface area contributed by atoms with E-state index in [1.807, 2.05) is 0 Å². The van der Waals surface area contributed by atoms with Gasteiger partial charge in [0.25, 0.3) is 5.91 Å². The van der Waals surface area contributed by atoms with E-state index in [2.05, 4.69) is 10.5 Å². The number of phenolic OH excluding ortho intramolecular Hbond substituents is 1. The van der Waals surface area contributed by atoms with Crippen LogP contribution >= 0.6 is 11.6 Å². The number of hydrazone groups is 1. The smallest absolute Gasteiger partial charge is 0.271 e. The molecule has 2 N–H and O–H groups in total. The van der Waals surface area contributed by atoms with Crippen molar-refractivity contribution < 1.29 is 32.9 Å². The molecular formula is C23H19ClF2N2O5. The summed E-state index contributed by atoms with van der Waals surface area (Å²) in [6.45, 7) is -0.0530. The molecule has 33 heavy (non-hydrogen) atoms. The van der Waals surface area contributed by atoms with Crippen LogP contribution in [0.5, 0.6) is 23.0 Å². The van der Waals surface area contributed by atoms with Gasteiger partial charge in [0.15, 0.2) is 23.1 Å². The Labute approximate surface area is 193 Å². The number of carbonyl (C=O) groups excluding carboxylic acids is 1. The largest absolute Gasteiger partial charge is 0.506 e. The van der Waals surface area contributed by atoms with Gasteiger partial charge in [-0.2, -0.15) is 5.10 Å². The van der Waals surface area contributed by atoms with Crippen molar-refractivity contribution in [1.82, 2.24) is 5.43 Å². The van der Waals surface area contributed by atoms with Crippen LogP contribution in [0, 0.1) is 11.6 Å². The third kappa shape index (κ3) is 5.89. The summed E-state index contributed by atoms with van der Waals surface area (Å²) in [4.78, 5) is 12.2. The van der Waals surface area contributed by atoms with Crippen LogP contribution in [0.1, 0.15) is 21.5 Å². The molecule has 0 aliphatic rings. The highest BCUT2D eigenvalue weighted by Gasteiger charge is 2.15. The minimum Gasteiger partial charge on any atom is -0.506 e. The van der Waals surface area contributed by atoms with Crippen molar-refractivity contribution in [3.8, 4) is 23.0 Å². The van der Waals surface area contributed by atoms with E-state index < -0.39 is 17.5 Å². The van der Waals surface area contributed by atoms with Crippen molar-refractivity contribution in [1.29, 1.82) is 0 Å². The molecule has 3 aromatic carbocycles. The highest BCUT2D eigenvalue weighted by Crippen LogP contribution is 2.38. The predicted molar refractivity (Wildman–Crippen MR) is 118 cm³/mol. The number of amides is 1. The Hall–Kier alpha value is -3.85. The van der Waals surface area contributed by atoms with Crippen molar-refractivity contribution in [2.75, 3.05) is 14.2 Å². The van der Waals surface area contributed by atoms with E-state index in [4.69, 9.17) is 25.8 Å². The summed E-state index contributed by atoms with van der Waals surface area (Å²) in [5.74, 6) is -1.73. The van der Waals surface area contributed by atoms with Crippen molar-refractivity contribution in [3.05, 3.63) is 81.9 Å². The van der Waals surface area contributed by atoms with Crippen LogP contribution in [0.25, 0.3) is 0 Å². The molecule has 7 nitrogen and oxygen atoms in total. The lowest BCUT2D eigenvalue weighted by Gasteiger charge is -2.15. The van der Waals surface area contributed by atoms with Crippen LogP contribution in [0.2, 0.25) is 5.02 Å². The maximum Gasteiger partial charge on any atom is 0.271 e. The van der Waals surface area contributed by atoms with Gasteiger partial charge >= 0.3 is 0 Å². The van der Waals surface area contributed by atoms with Crippen LogP contribution in [0.15, 0.2) is 53.6 Å². The SMILES string of the molecule is COc1cc(C=NNC(=O)c2ccc(O)c(Cl)c2)cc(OC)c1OCc1ccc(F)c(F)c1. The van der Waals surface area contributed by atoms with Gasteiger partial charge in [0.1, 0.15) is 12.4 Å². The zero-order valence-corrected chi connectivity index (χ0v) is 18.3. The number of ether oxygens (including phenoxy) is 3. The number of hydrogen-bond donors (Lipinski definition) is 2. The van der Waals surface area contributed by atoms with E-state index in [9.17, 15) is 18.7 Å². The maximum atomic E-state index is 13.4. The van der Waals surface area contributed by atoms with Crippen LogP contribution in [0.4, 0.5) is 8.78 Å². The van der Waals surface area contributed by atoms with E-state index in [0.717, 1.165) is 12.1 Å². The summed E-state index contributed by atoms with van der Waals surface area (Å²) in [5, 5.41) is 13.4. The zero-order valence-electron chi connectivity index (χ0n) is 17.6. The molecule has 0 fully saturated rings. The number of carbonyl (C=O) groups is 1. The van der Waals surface area contributed by atoms with E-state index in [0.29, 0.717) is 22.6 Å². The van der Waals surface area contributed by atoms with Gasteiger partial charge in [-0.3, -0.25) is 4.79 Å². The quantitative estimate of drug-likeness (QED) is 0.364. The molecule has 3 rings (SSSR count). The summed E-state index contributed by atoms with van der Waals surface area (Å²) in [5.41, 5.74) is 3.50. The molecule has 0 bridgehead atoms. The van der Waals surface area contributed by atoms with Gasteiger partial charge in [-0.05, 0) is 48.0 Å². The molecule has 172 valence electrons. The molecule has 0 aliphatic carbocycles. The minimum atomic E-state index is -0.974. The molecule has 0 radical (unpaired) electrons. The standard InChI is InChI=1S/C23H19ClF2N2O5/c1-31-20-8-14(11-27-28-23(30)15-4-6-19(29)16(24)10-15)9-21(32-2)22(20)33-12-13-3-5-17(25)18(26)7-13/h3-11,29H,12H2,1-2H3,(H,28,30). The Morgan fingerprint density at radius 3 is 2.36 bits per heavy atom. The number of halogens is 3. The summed E-state index contributed by atoms with van der Waals surface area (Å²) in [7, 11) is 2.85. The molecule has 0 atom stereocenters. The van der Waals surface area contributed by atoms with Crippen LogP contribution in [-0.4, -0.2) is 31.4 Å². The zero-order chi connectivity index (χ0) is 24.0. The van der Waals surface area contributed by atoms with E-state index in [1.165, 1.54) is 44.7 Å². The summed E-state index contributed by atoms with van der Waals surface area (Å²) >= 11 is 5.81. The fourth-order valence-electron chi connectivity index (χ4n) is 2.78. The number of rotatable bonds is 8. The molecule has 0 spiro atoms. The lowest BCUT2D eigenvalue weighted by molar-refractivity contribution is 0.0955. The first kappa shape index (κ1) is 23.8. The molecule has 1 amide bonds. The van der Waals surface area contributed by atoms with E-state index in [1.54, 1.807) is 12.1 Å². The molecule has 0 saturated heterocycles. The maximum absolute atomic E-state index is 13.4. The Morgan fingerprint density at radius 1 is 1.06 bits per heavy atom. The highest BCUT2D eigenvalue weighted by atomic mass is 35.5. The number of nitrogens with one attached hydrogen (secondary N) is 1. The third-order valence-corrected chi connectivity index (χ3v) is 4.74. The molecule has 0 unspecified atom stereocenters. The molecule has 3 aromatic rings. The van der Waals surface area contributed by atoms with Gasteiger partial charge in [0.05, 0.1) is 25.5 Å². The first-order valence-electron chi connectivity index (χ1n) is 9.47. The van der Waals surface area contributed by atoms with Gasteiger partial charge < -0.3 is 19.3 Å². The molecule has 10 heteroatoms. The number of aromatic hydroxyl groups is 1. The Bertz CT molecular complexity index is 1180. The second-order valence-corrected chi connectivity index (χ2v) is 7.06. The van der Waals surface area contributed by atoms with E-state index in [-0.39, 0.29) is 28.7 Å². The summed E-state index contributed by atoms with van der Waals surface area (Å²) < 4.78 is 43.0. The van der Waals surface area contributed by atoms with Crippen molar-refractivity contribution in [2.45, 2.75) is 6.61 Å². The first-order chi connectivity index (χ1) is 15.8. The van der Waals surface area contributed by atoms with Gasteiger partial charge in [-0.25, -0.2) is 14.2 Å². The average Bonchev–Trinajstić information content (AvgIpc) is 2.81. The molecule has 0 saturated carbocycles. The fraction of sp³-hybridized carbons (Fsp3) is 0.130. The summed E-state index contributed by atoms with van der Waals surface area (Å²) in [6, 6.07) is 10.7. The lowest BCUT2D eigenvalue weighted by atomic mass is 10.2. The lowest BCUT2D eigenvalue weighted by Crippen LogP contribution is -2.17. The third-order valence-electron chi connectivity index (χ3n) is 4.44. The van der Waals surface area contributed by atoms with Crippen molar-refractivity contribution in [2.24, 2.45) is 5.10 Å². The average molecular weight is 477 g/mol. The predicted octanol–water partition coefficient (Wildman–Crippen LogP) is 4.68. The van der Waals surface area contributed by atoms with Crippen LogP contribution < -0.4 is 19.6 Å². The van der Waals surface area contributed by atoms with Gasteiger partial charge in [-0.1, -0.05) is 17.7 Å². The molecular weight excluding hydrogens is 458 g/mol. The monoisotopic (exact) mass is 476 g/mol. The van der Waals surface area contributed by atoms with Crippen LogP contribution in [-0.2, 0) is 6.61 Å². The Balaban J connectivity index is 1.74. The number of methoxy groups -OCH3 is 2. The number of hydrogen-bond acceptors (Lipinski definition) is 6. The van der Waals surface area contributed by atoms with Gasteiger partial charge in [0, 0.05) is 11.1 Å². The minimum absolute atomic E-state index is 0.0417. The number of phenols is 1. The molecule has 0 aromatic heterocycles. The topological polar surface area (TPSA) is 89.4 Å². The molecule has 0 aliphatic heterocycles. The van der Waals surface area contributed by atoms with E-state index >= 15 is 0 Å². The Kier molecular flexibility index (Phi) is 7.68.